The predicted molar refractivity (Wildman–Crippen MR) is 133 cm³/mol. The third-order valence-electron chi connectivity index (χ3n) is 5.24. The van der Waals surface area contributed by atoms with Crippen LogP contribution in [0.15, 0.2) is 29.3 Å². The lowest BCUT2D eigenvalue weighted by molar-refractivity contribution is 0.0698. The summed E-state index contributed by atoms with van der Waals surface area (Å²) in [7, 11) is 5.21. The summed E-state index contributed by atoms with van der Waals surface area (Å²) < 4.78 is 15.7. The number of likely N-dealkylation sites (tertiary alicyclic amines) is 1. The number of nitrogens with zero attached hydrogens (tertiary/aromatic N) is 2. The van der Waals surface area contributed by atoms with Crippen molar-refractivity contribution in [3.8, 4) is 5.75 Å². The van der Waals surface area contributed by atoms with Crippen molar-refractivity contribution in [3.63, 3.8) is 0 Å². The highest BCUT2D eigenvalue weighted by atomic mass is 127. The molecule has 1 heterocycles. The zero-order valence-corrected chi connectivity index (χ0v) is 21.0. The number of benzene rings is 1. The first-order chi connectivity index (χ1) is 14.2. The molecule has 8 heteroatoms. The summed E-state index contributed by atoms with van der Waals surface area (Å²) in [6.07, 6.45) is 3.38. The molecule has 1 aromatic rings. The van der Waals surface area contributed by atoms with Crippen LogP contribution < -0.4 is 15.4 Å². The van der Waals surface area contributed by atoms with E-state index in [9.17, 15) is 0 Å². The molecule has 1 aromatic carbocycles. The molecule has 1 fully saturated rings. The topological polar surface area (TPSA) is 67.4 Å². The van der Waals surface area contributed by atoms with Gasteiger partial charge in [0.1, 0.15) is 5.75 Å². The van der Waals surface area contributed by atoms with E-state index in [0.717, 1.165) is 57.5 Å². The van der Waals surface area contributed by atoms with Crippen LogP contribution in [-0.2, 0) is 16.0 Å². The first-order valence-electron chi connectivity index (χ1n) is 10.6. The molecule has 30 heavy (non-hydrogen) atoms. The second kappa shape index (κ2) is 16.6. The average Bonchev–Trinajstić information content (AvgIpc) is 2.76. The summed E-state index contributed by atoms with van der Waals surface area (Å²) in [6.45, 7) is 7.16. The van der Waals surface area contributed by atoms with Gasteiger partial charge in [0.15, 0.2) is 5.96 Å². The Morgan fingerprint density at radius 2 is 1.80 bits per heavy atom. The fraction of sp³-hybridized carbons (Fsp3) is 0.682. The van der Waals surface area contributed by atoms with Crippen molar-refractivity contribution in [1.29, 1.82) is 0 Å². The van der Waals surface area contributed by atoms with E-state index in [1.807, 2.05) is 19.2 Å². The molecule has 0 aromatic heterocycles. The number of rotatable bonds is 12. The number of halogens is 1. The van der Waals surface area contributed by atoms with Crippen LogP contribution in [0.1, 0.15) is 24.8 Å². The van der Waals surface area contributed by atoms with E-state index in [1.54, 1.807) is 14.2 Å². The van der Waals surface area contributed by atoms with E-state index in [-0.39, 0.29) is 24.0 Å². The van der Waals surface area contributed by atoms with E-state index in [0.29, 0.717) is 19.1 Å². The first-order valence-corrected chi connectivity index (χ1v) is 10.6. The summed E-state index contributed by atoms with van der Waals surface area (Å²) in [4.78, 5) is 6.85. The van der Waals surface area contributed by atoms with Gasteiger partial charge in [-0.3, -0.25) is 9.89 Å². The highest BCUT2D eigenvalue weighted by Crippen LogP contribution is 2.19. The molecule has 0 bridgehead atoms. The number of hydrogen-bond donors (Lipinski definition) is 2. The Morgan fingerprint density at radius 3 is 2.43 bits per heavy atom. The van der Waals surface area contributed by atoms with Crippen molar-refractivity contribution >= 4 is 29.9 Å². The maximum absolute atomic E-state index is 5.47. The maximum Gasteiger partial charge on any atom is 0.190 e. The molecule has 0 atom stereocenters. The molecule has 0 radical (unpaired) electrons. The van der Waals surface area contributed by atoms with Crippen molar-refractivity contribution < 1.29 is 14.2 Å². The van der Waals surface area contributed by atoms with Crippen LogP contribution in [-0.4, -0.2) is 78.1 Å². The van der Waals surface area contributed by atoms with Gasteiger partial charge in [0.25, 0.3) is 0 Å². The number of ether oxygens (including phenoxy) is 3. The molecule has 0 saturated carbocycles. The van der Waals surface area contributed by atoms with Gasteiger partial charge in [-0.2, -0.15) is 0 Å². The number of nitrogens with one attached hydrogen (secondary N) is 2. The van der Waals surface area contributed by atoms with Crippen LogP contribution >= 0.6 is 24.0 Å². The monoisotopic (exact) mass is 534 g/mol. The third kappa shape index (κ3) is 10.8. The number of aliphatic imine (C=N–C) groups is 1. The van der Waals surface area contributed by atoms with Gasteiger partial charge in [-0.15, -0.1) is 24.0 Å². The lowest BCUT2D eigenvalue weighted by Gasteiger charge is -2.32. The second-order valence-corrected chi connectivity index (χ2v) is 7.41. The number of piperidine rings is 1. The van der Waals surface area contributed by atoms with Crippen molar-refractivity contribution in [2.45, 2.75) is 25.8 Å². The van der Waals surface area contributed by atoms with Gasteiger partial charge in [-0.1, -0.05) is 12.1 Å². The zero-order chi connectivity index (χ0) is 20.7. The van der Waals surface area contributed by atoms with Gasteiger partial charge >= 0.3 is 0 Å². The lowest BCUT2D eigenvalue weighted by atomic mass is 9.96. The van der Waals surface area contributed by atoms with Crippen LogP contribution in [0.25, 0.3) is 0 Å². The van der Waals surface area contributed by atoms with E-state index >= 15 is 0 Å². The van der Waals surface area contributed by atoms with Crippen LogP contribution in [0.4, 0.5) is 0 Å². The Morgan fingerprint density at radius 1 is 1.07 bits per heavy atom. The second-order valence-electron chi connectivity index (χ2n) is 7.41. The van der Waals surface area contributed by atoms with Gasteiger partial charge in [-0.05, 0) is 56.0 Å². The molecular formula is C22H39IN4O3. The minimum Gasteiger partial charge on any atom is -0.497 e. The van der Waals surface area contributed by atoms with E-state index in [1.165, 1.54) is 18.4 Å². The van der Waals surface area contributed by atoms with Gasteiger partial charge in [0.2, 0.25) is 0 Å². The Labute approximate surface area is 199 Å². The average molecular weight is 534 g/mol. The van der Waals surface area contributed by atoms with Gasteiger partial charge < -0.3 is 24.8 Å². The van der Waals surface area contributed by atoms with Crippen molar-refractivity contribution in [1.82, 2.24) is 15.5 Å². The molecule has 0 unspecified atom stereocenters. The van der Waals surface area contributed by atoms with Crippen LogP contribution in [0.3, 0.4) is 0 Å². The summed E-state index contributed by atoms with van der Waals surface area (Å²) in [6, 6.07) is 8.39. The Hall–Kier alpha value is -1.10. The van der Waals surface area contributed by atoms with Crippen molar-refractivity contribution in [3.05, 3.63) is 29.8 Å². The van der Waals surface area contributed by atoms with Crippen LogP contribution in [0, 0.1) is 5.92 Å². The molecule has 1 aliphatic heterocycles. The molecule has 2 rings (SSSR count). The summed E-state index contributed by atoms with van der Waals surface area (Å²) in [5, 5.41) is 6.83. The fourth-order valence-corrected chi connectivity index (χ4v) is 3.42. The Balaban J connectivity index is 0.00000450. The van der Waals surface area contributed by atoms with Gasteiger partial charge in [0.05, 0.1) is 20.3 Å². The predicted octanol–water partition coefficient (Wildman–Crippen LogP) is 2.74. The maximum atomic E-state index is 5.47. The van der Waals surface area contributed by atoms with Gasteiger partial charge in [0, 0.05) is 40.4 Å². The summed E-state index contributed by atoms with van der Waals surface area (Å²) in [5.74, 6) is 2.49. The van der Waals surface area contributed by atoms with Crippen LogP contribution in [0.2, 0.25) is 0 Å². The quantitative estimate of drug-likeness (QED) is 0.186. The standard InChI is InChI=1S/C22H38N4O3.HI/c1-23-22(24-11-4-14-29-16-15-27-2)25-17-19-9-12-26(13-10-19)18-20-5-7-21(28-3)8-6-20;/h5-8,19H,4,9-18H2,1-3H3,(H2,23,24,25);1H. The minimum atomic E-state index is 0. The first kappa shape index (κ1) is 26.9. The number of hydrogen-bond acceptors (Lipinski definition) is 5. The smallest absolute Gasteiger partial charge is 0.190 e. The zero-order valence-electron chi connectivity index (χ0n) is 18.7. The highest BCUT2D eigenvalue weighted by molar-refractivity contribution is 14.0. The molecule has 0 amide bonds. The Kier molecular flexibility index (Phi) is 14.9. The molecule has 1 saturated heterocycles. The molecule has 1 aliphatic rings. The lowest BCUT2D eigenvalue weighted by Crippen LogP contribution is -2.43. The summed E-state index contributed by atoms with van der Waals surface area (Å²) in [5.41, 5.74) is 1.35. The number of guanidine groups is 1. The van der Waals surface area contributed by atoms with Crippen molar-refractivity contribution in [2.75, 3.05) is 67.3 Å². The highest BCUT2D eigenvalue weighted by Gasteiger charge is 2.19. The summed E-state index contributed by atoms with van der Waals surface area (Å²) >= 11 is 0. The fourth-order valence-electron chi connectivity index (χ4n) is 3.42. The van der Waals surface area contributed by atoms with Crippen molar-refractivity contribution in [2.24, 2.45) is 10.9 Å². The number of methoxy groups -OCH3 is 2. The molecule has 2 N–H and O–H groups in total. The van der Waals surface area contributed by atoms with E-state index < -0.39 is 0 Å². The van der Waals surface area contributed by atoms with Crippen LogP contribution in [0.5, 0.6) is 5.75 Å². The SMILES string of the molecule is CN=C(NCCCOCCOC)NCC1CCN(Cc2ccc(OC)cc2)CC1.I. The molecular weight excluding hydrogens is 495 g/mol. The third-order valence-corrected chi connectivity index (χ3v) is 5.24. The van der Waals surface area contributed by atoms with E-state index in [4.69, 9.17) is 14.2 Å². The Bertz CT molecular complexity index is 578. The van der Waals surface area contributed by atoms with E-state index in [2.05, 4.69) is 32.7 Å². The molecule has 7 nitrogen and oxygen atoms in total. The normalized spacial score (nSPS) is 15.5. The molecule has 0 aliphatic carbocycles. The largest absolute Gasteiger partial charge is 0.497 e. The molecule has 172 valence electrons. The minimum absolute atomic E-state index is 0. The van der Waals surface area contributed by atoms with Gasteiger partial charge in [-0.25, -0.2) is 0 Å². The molecule has 0 spiro atoms.